The standard InChI is InChI=1S/C26H29N5O7S/c1-5-38-19(32)13-29-25(34)22(15-8-11-17(36-3)18(12-15)37-4)31(16-9-6-14(2)7-10-16)26(35)23-20(27)21(24(28)33)30-39-23/h6-12,22H,5,13,27H2,1-4H3,(H2,28,33)(H,29,34). The zero-order chi connectivity index (χ0) is 28.7. The van der Waals surface area contributed by atoms with Crippen LogP contribution in [0.15, 0.2) is 42.5 Å². The SMILES string of the molecule is CCOC(=O)CNC(=O)C(c1ccc(OC)c(OC)c1)N(C(=O)c1snc(C(N)=O)c1N)c1ccc(C)cc1. The topological polar surface area (TPSA) is 176 Å². The summed E-state index contributed by atoms with van der Waals surface area (Å²) in [7, 11) is 2.90. The Balaban J connectivity index is 2.21. The number of aromatic nitrogens is 1. The van der Waals surface area contributed by atoms with Crippen LogP contribution >= 0.6 is 11.5 Å². The van der Waals surface area contributed by atoms with Crippen molar-refractivity contribution in [3.8, 4) is 11.5 Å². The largest absolute Gasteiger partial charge is 0.493 e. The molecule has 39 heavy (non-hydrogen) atoms. The third kappa shape index (κ3) is 6.44. The summed E-state index contributed by atoms with van der Waals surface area (Å²) in [5, 5.41) is 2.54. The second kappa shape index (κ2) is 12.7. The Kier molecular flexibility index (Phi) is 9.44. The fourth-order valence-electron chi connectivity index (χ4n) is 3.74. The molecule has 1 heterocycles. The monoisotopic (exact) mass is 555 g/mol. The van der Waals surface area contributed by atoms with Gasteiger partial charge in [0.25, 0.3) is 11.8 Å². The minimum atomic E-state index is -1.33. The number of nitrogen functional groups attached to an aromatic ring is 1. The number of aryl methyl sites for hydroxylation is 1. The lowest BCUT2D eigenvalue weighted by Crippen LogP contribution is -2.45. The summed E-state index contributed by atoms with van der Waals surface area (Å²) in [6, 6.07) is 10.3. The highest BCUT2D eigenvalue weighted by Gasteiger charge is 2.36. The Morgan fingerprint density at radius 1 is 1.05 bits per heavy atom. The van der Waals surface area contributed by atoms with Crippen molar-refractivity contribution in [1.29, 1.82) is 0 Å². The van der Waals surface area contributed by atoms with Crippen LogP contribution in [0.5, 0.6) is 11.5 Å². The molecule has 0 fully saturated rings. The molecule has 0 aliphatic heterocycles. The predicted molar refractivity (Wildman–Crippen MR) is 145 cm³/mol. The first-order valence-electron chi connectivity index (χ1n) is 11.7. The molecule has 206 valence electrons. The molecule has 13 heteroatoms. The molecule has 0 radical (unpaired) electrons. The lowest BCUT2D eigenvalue weighted by Gasteiger charge is -2.31. The molecule has 0 saturated heterocycles. The predicted octanol–water partition coefficient (Wildman–Crippen LogP) is 2.22. The highest BCUT2D eigenvalue weighted by atomic mass is 32.1. The minimum absolute atomic E-state index is 0.0898. The van der Waals surface area contributed by atoms with Gasteiger partial charge in [0.05, 0.1) is 26.5 Å². The Morgan fingerprint density at radius 3 is 2.28 bits per heavy atom. The number of primary amides is 1. The summed E-state index contributed by atoms with van der Waals surface area (Å²) in [6.45, 7) is 3.22. The Morgan fingerprint density at radius 2 is 1.72 bits per heavy atom. The van der Waals surface area contributed by atoms with Gasteiger partial charge < -0.3 is 31.0 Å². The summed E-state index contributed by atoms with van der Waals surface area (Å²) in [5.74, 6) is -2.24. The van der Waals surface area contributed by atoms with Gasteiger partial charge in [0.1, 0.15) is 17.5 Å². The van der Waals surface area contributed by atoms with Gasteiger partial charge in [0.2, 0.25) is 5.91 Å². The van der Waals surface area contributed by atoms with Gasteiger partial charge in [-0.2, -0.15) is 4.37 Å². The van der Waals surface area contributed by atoms with E-state index in [1.54, 1.807) is 49.4 Å². The van der Waals surface area contributed by atoms with Gasteiger partial charge in [-0.05, 0) is 55.2 Å². The molecule has 5 N–H and O–H groups in total. The van der Waals surface area contributed by atoms with Gasteiger partial charge in [0, 0.05) is 5.69 Å². The third-order valence-corrected chi connectivity index (χ3v) is 6.48. The molecule has 12 nitrogen and oxygen atoms in total. The molecule has 3 rings (SSSR count). The number of carbonyl (C=O) groups is 4. The van der Waals surface area contributed by atoms with Gasteiger partial charge >= 0.3 is 5.97 Å². The van der Waals surface area contributed by atoms with Crippen LogP contribution in [-0.2, 0) is 14.3 Å². The van der Waals surface area contributed by atoms with Gasteiger partial charge in [0.15, 0.2) is 17.2 Å². The molecule has 0 spiro atoms. The number of hydrogen-bond acceptors (Lipinski definition) is 10. The van der Waals surface area contributed by atoms with Crippen LogP contribution in [0.3, 0.4) is 0 Å². The van der Waals surface area contributed by atoms with Crippen molar-refractivity contribution < 1.29 is 33.4 Å². The first-order valence-corrected chi connectivity index (χ1v) is 12.5. The van der Waals surface area contributed by atoms with Gasteiger partial charge in [-0.25, -0.2) is 0 Å². The number of carbonyl (C=O) groups excluding carboxylic acids is 4. The molecule has 0 aliphatic carbocycles. The molecule has 1 atom stereocenters. The molecule has 1 aromatic heterocycles. The van der Waals surface area contributed by atoms with Crippen molar-refractivity contribution in [3.63, 3.8) is 0 Å². The van der Waals surface area contributed by atoms with Crippen LogP contribution in [0.2, 0.25) is 0 Å². The number of nitrogens with zero attached hydrogens (tertiary/aromatic N) is 2. The zero-order valence-electron chi connectivity index (χ0n) is 21.8. The fourth-order valence-corrected chi connectivity index (χ4v) is 4.48. The number of benzene rings is 2. The van der Waals surface area contributed by atoms with E-state index in [4.69, 9.17) is 25.7 Å². The van der Waals surface area contributed by atoms with E-state index in [1.807, 2.05) is 6.92 Å². The molecule has 3 amide bonds. The molecule has 1 unspecified atom stereocenters. The average molecular weight is 556 g/mol. The van der Waals surface area contributed by atoms with E-state index in [0.717, 1.165) is 5.56 Å². The second-order valence-corrected chi connectivity index (χ2v) is 8.96. The van der Waals surface area contributed by atoms with E-state index >= 15 is 0 Å². The Labute approximate surface area is 229 Å². The molecule has 3 aromatic rings. The summed E-state index contributed by atoms with van der Waals surface area (Å²) >= 11 is 0.684. The summed E-state index contributed by atoms with van der Waals surface area (Å²) in [5.41, 5.74) is 12.6. The van der Waals surface area contributed by atoms with Crippen LogP contribution in [0.4, 0.5) is 11.4 Å². The maximum atomic E-state index is 14.1. The Bertz CT molecular complexity index is 1370. The van der Waals surface area contributed by atoms with Crippen LogP contribution in [0.1, 0.15) is 44.3 Å². The highest BCUT2D eigenvalue weighted by Crippen LogP contribution is 2.36. The van der Waals surface area contributed by atoms with Crippen molar-refractivity contribution in [2.75, 3.05) is 38.0 Å². The van der Waals surface area contributed by atoms with Gasteiger partial charge in [-0.3, -0.25) is 24.1 Å². The number of hydrogen-bond donors (Lipinski definition) is 3. The molecule has 2 aromatic carbocycles. The van der Waals surface area contributed by atoms with Crippen molar-refractivity contribution in [1.82, 2.24) is 9.69 Å². The normalized spacial score (nSPS) is 11.3. The highest BCUT2D eigenvalue weighted by molar-refractivity contribution is 7.09. The number of amides is 3. The molecule has 0 aliphatic rings. The fraction of sp³-hybridized carbons (Fsp3) is 0.269. The number of nitrogens with two attached hydrogens (primary N) is 2. The van der Waals surface area contributed by atoms with Crippen molar-refractivity contribution in [3.05, 3.63) is 64.2 Å². The smallest absolute Gasteiger partial charge is 0.325 e. The lowest BCUT2D eigenvalue weighted by molar-refractivity contribution is -0.143. The quantitative estimate of drug-likeness (QED) is 0.299. The summed E-state index contributed by atoms with van der Waals surface area (Å²) < 4.78 is 19.6. The number of anilines is 2. The number of nitrogens with one attached hydrogen (secondary N) is 1. The molecule has 0 bridgehead atoms. The maximum Gasteiger partial charge on any atom is 0.325 e. The molecular weight excluding hydrogens is 526 g/mol. The van der Waals surface area contributed by atoms with Crippen LogP contribution in [-0.4, -0.2) is 55.4 Å². The van der Waals surface area contributed by atoms with Crippen molar-refractivity contribution in [2.45, 2.75) is 19.9 Å². The maximum absolute atomic E-state index is 14.1. The van der Waals surface area contributed by atoms with Crippen molar-refractivity contribution in [2.24, 2.45) is 5.73 Å². The first kappa shape index (κ1) is 28.9. The van der Waals surface area contributed by atoms with Crippen LogP contribution < -0.4 is 31.2 Å². The van der Waals surface area contributed by atoms with Crippen molar-refractivity contribution >= 4 is 46.6 Å². The van der Waals surface area contributed by atoms with Crippen LogP contribution in [0, 0.1) is 6.92 Å². The van der Waals surface area contributed by atoms with E-state index in [9.17, 15) is 19.2 Å². The first-order chi connectivity index (χ1) is 18.6. The average Bonchev–Trinajstić information content (AvgIpc) is 3.32. The number of methoxy groups -OCH3 is 2. The second-order valence-electron chi connectivity index (χ2n) is 8.19. The summed E-state index contributed by atoms with van der Waals surface area (Å²) in [4.78, 5) is 52.7. The van der Waals surface area contributed by atoms with E-state index in [1.165, 1.54) is 19.1 Å². The lowest BCUT2D eigenvalue weighted by atomic mass is 10.0. The Hall–Kier alpha value is -4.65. The molecular formula is C26H29N5O7S. The number of esters is 1. The minimum Gasteiger partial charge on any atom is -0.493 e. The van der Waals surface area contributed by atoms with E-state index < -0.39 is 36.3 Å². The van der Waals surface area contributed by atoms with E-state index in [0.29, 0.717) is 34.3 Å². The summed E-state index contributed by atoms with van der Waals surface area (Å²) in [6.07, 6.45) is 0. The van der Waals surface area contributed by atoms with Gasteiger partial charge in [-0.1, -0.05) is 23.8 Å². The van der Waals surface area contributed by atoms with Crippen LogP contribution in [0.25, 0.3) is 0 Å². The van der Waals surface area contributed by atoms with Gasteiger partial charge in [-0.15, -0.1) is 0 Å². The van der Waals surface area contributed by atoms with E-state index in [-0.39, 0.29) is 22.9 Å². The zero-order valence-corrected chi connectivity index (χ0v) is 22.7. The molecule has 0 saturated carbocycles. The van der Waals surface area contributed by atoms with E-state index in [2.05, 4.69) is 9.69 Å². The number of ether oxygens (including phenoxy) is 3. The third-order valence-electron chi connectivity index (χ3n) is 5.63. The number of rotatable bonds is 11.